The Kier molecular flexibility index (Phi) is 1.47. The molecule has 70 valence electrons. The molecule has 6 atom stereocenters. The summed E-state index contributed by atoms with van der Waals surface area (Å²) in [4.78, 5) is 0. The Labute approximate surface area is 77.6 Å². The lowest BCUT2D eigenvalue weighted by Crippen LogP contribution is -2.30. The molecule has 13 heavy (non-hydrogen) atoms. The molecule has 0 unspecified atom stereocenters. The molecule has 1 saturated carbocycles. The smallest absolute Gasteiger partial charge is 0.0787 e. The highest BCUT2D eigenvalue weighted by molar-refractivity contribution is 5.27. The van der Waals surface area contributed by atoms with Gasteiger partial charge in [-0.25, -0.2) is 0 Å². The van der Waals surface area contributed by atoms with Crippen molar-refractivity contribution in [3.63, 3.8) is 0 Å². The molecule has 0 aromatic rings. The van der Waals surface area contributed by atoms with Crippen LogP contribution in [0.5, 0.6) is 0 Å². The fourth-order valence-electron chi connectivity index (χ4n) is 3.11. The normalized spacial score (nSPS) is 56.2. The second-order valence-corrected chi connectivity index (χ2v) is 4.42. The molecule has 3 aliphatic carbocycles. The van der Waals surface area contributed by atoms with Gasteiger partial charge in [0.05, 0.1) is 6.10 Å². The van der Waals surface area contributed by atoms with E-state index in [-0.39, 0.29) is 24.5 Å². The van der Waals surface area contributed by atoms with Crippen LogP contribution < -0.4 is 0 Å². The average Bonchev–Trinajstić information content (AvgIpc) is 2.84. The molecule has 0 amide bonds. The number of allylic oxidation sites excluding steroid dienone is 2. The highest BCUT2D eigenvalue weighted by Crippen LogP contribution is 2.59. The molecule has 0 aromatic heterocycles. The quantitative estimate of drug-likeness (QED) is 0.576. The SMILES string of the molecule is OC[C@H]1[C@H]2C=C[C@@H]3[C@@H](C=C[C@H]2O)[C@H]31. The molecule has 3 aliphatic rings. The molecule has 0 spiro atoms. The molecule has 2 nitrogen and oxygen atoms in total. The molecule has 2 bridgehead atoms. The first kappa shape index (κ1) is 7.77. The van der Waals surface area contributed by atoms with E-state index in [9.17, 15) is 10.2 Å². The van der Waals surface area contributed by atoms with Crippen LogP contribution in [0.2, 0.25) is 0 Å². The summed E-state index contributed by atoms with van der Waals surface area (Å²) in [7, 11) is 0. The van der Waals surface area contributed by atoms with Crippen LogP contribution in [0.1, 0.15) is 0 Å². The predicted octanol–water partition coefficient (Wildman–Crippen LogP) is 0.574. The van der Waals surface area contributed by atoms with Gasteiger partial charge in [-0.1, -0.05) is 24.3 Å². The Hall–Kier alpha value is -0.600. The lowest BCUT2D eigenvalue weighted by atomic mass is 9.81. The summed E-state index contributed by atoms with van der Waals surface area (Å²) < 4.78 is 0. The van der Waals surface area contributed by atoms with Crippen molar-refractivity contribution >= 4 is 0 Å². The van der Waals surface area contributed by atoms with E-state index in [1.54, 1.807) is 0 Å². The van der Waals surface area contributed by atoms with E-state index in [1.165, 1.54) is 0 Å². The molecule has 1 fully saturated rings. The lowest BCUT2D eigenvalue weighted by Gasteiger charge is -2.27. The molecule has 0 heterocycles. The van der Waals surface area contributed by atoms with Crippen LogP contribution in [-0.4, -0.2) is 22.9 Å². The summed E-state index contributed by atoms with van der Waals surface area (Å²) in [6.07, 6.45) is 7.96. The minimum Gasteiger partial charge on any atom is -0.396 e. The molecule has 2 N–H and O–H groups in total. The van der Waals surface area contributed by atoms with E-state index in [0.717, 1.165) is 0 Å². The predicted molar refractivity (Wildman–Crippen MR) is 48.8 cm³/mol. The molecular formula is C11H14O2. The van der Waals surface area contributed by atoms with Gasteiger partial charge in [0.25, 0.3) is 0 Å². The fraction of sp³-hybridized carbons (Fsp3) is 0.636. The Balaban J connectivity index is 2.00. The largest absolute Gasteiger partial charge is 0.396 e. The number of aliphatic hydroxyl groups excluding tert-OH is 2. The van der Waals surface area contributed by atoms with Crippen LogP contribution in [0.4, 0.5) is 0 Å². The Morgan fingerprint density at radius 2 is 1.54 bits per heavy atom. The van der Waals surface area contributed by atoms with Crippen molar-refractivity contribution in [1.29, 1.82) is 0 Å². The number of fused-ring (bicyclic) bond motifs is 2. The van der Waals surface area contributed by atoms with E-state index in [4.69, 9.17) is 0 Å². The van der Waals surface area contributed by atoms with Crippen molar-refractivity contribution in [3.8, 4) is 0 Å². The van der Waals surface area contributed by atoms with Crippen LogP contribution in [0.15, 0.2) is 24.3 Å². The van der Waals surface area contributed by atoms with Gasteiger partial charge in [0.15, 0.2) is 0 Å². The van der Waals surface area contributed by atoms with Gasteiger partial charge in [0, 0.05) is 12.5 Å². The van der Waals surface area contributed by atoms with Crippen molar-refractivity contribution in [2.45, 2.75) is 6.10 Å². The van der Waals surface area contributed by atoms with E-state index in [0.29, 0.717) is 17.8 Å². The third-order valence-corrected chi connectivity index (χ3v) is 3.87. The Bertz CT molecular complexity index is 278. The second-order valence-electron chi connectivity index (χ2n) is 4.42. The first-order chi connectivity index (χ1) is 6.33. The topological polar surface area (TPSA) is 40.5 Å². The van der Waals surface area contributed by atoms with E-state index < -0.39 is 0 Å². The number of hydrogen-bond donors (Lipinski definition) is 2. The third kappa shape index (κ3) is 0.903. The first-order valence-corrected chi connectivity index (χ1v) is 4.98. The number of rotatable bonds is 1. The maximum absolute atomic E-state index is 9.76. The zero-order chi connectivity index (χ0) is 9.00. The van der Waals surface area contributed by atoms with E-state index in [2.05, 4.69) is 18.2 Å². The van der Waals surface area contributed by atoms with Crippen LogP contribution in [0.3, 0.4) is 0 Å². The van der Waals surface area contributed by atoms with Crippen LogP contribution in [-0.2, 0) is 0 Å². The Morgan fingerprint density at radius 1 is 0.923 bits per heavy atom. The average molecular weight is 178 g/mol. The monoisotopic (exact) mass is 178 g/mol. The molecule has 0 aromatic carbocycles. The molecule has 2 heteroatoms. The van der Waals surface area contributed by atoms with Gasteiger partial charge in [-0.05, 0) is 23.7 Å². The molecular weight excluding hydrogens is 164 g/mol. The van der Waals surface area contributed by atoms with Gasteiger partial charge in [-0.2, -0.15) is 0 Å². The highest BCUT2D eigenvalue weighted by Gasteiger charge is 2.56. The van der Waals surface area contributed by atoms with E-state index in [1.807, 2.05) is 6.08 Å². The maximum atomic E-state index is 9.76. The minimum absolute atomic E-state index is 0.148. The summed E-state index contributed by atoms with van der Waals surface area (Å²) >= 11 is 0. The van der Waals surface area contributed by atoms with Gasteiger partial charge in [0.2, 0.25) is 0 Å². The second kappa shape index (κ2) is 2.46. The fourth-order valence-corrected chi connectivity index (χ4v) is 3.11. The first-order valence-electron chi connectivity index (χ1n) is 4.98. The highest BCUT2D eigenvalue weighted by atomic mass is 16.3. The third-order valence-electron chi connectivity index (χ3n) is 3.87. The number of hydrogen-bond acceptors (Lipinski definition) is 2. The van der Waals surface area contributed by atoms with Crippen molar-refractivity contribution in [1.82, 2.24) is 0 Å². The molecule has 0 saturated heterocycles. The maximum Gasteiger partial charge on any atom is 0.0787 e. The minimum atomic E-state index is -0.387. The molecule has 3 rings (SSSR count). The molecule has 0 aliphatic heterocycles. The van der Waals surface area contributed by atoms with Crippen molar-refractivity contribution in [2.75, 3.05) is 6.61 Å². The zero-order valence-corrected chi connectivity index (χ0v) is 7.38. The van der Waals surface area contributed by atoms with Gasteiger partial charge in [-0.15, -0.1) is 0 Å². The van der Waals surface area contributed by atoms with E-state index >= 15 is 0 Å². The van der Waals surface area contributed by atoms with Gasteiger partial charge in [0.1, 0.15) is 0 Å². The lowest BCUT2D eigenvalue weighted by molar-refractivity contribution is 0.0885. The summed E-state index contributed by atoms with van der Waals surface area (Å²) in [6.45, 7) is 0.214. The Morgan fingerprint density at radius 3 is 2.23 bits per heavy atom. The van der Waals surface area contributed by atoms with Crippen LogP contribution >= 0.6 is 0 Å². The summed E-state index contributed by atoms with van der Waals surface area (Å²) in [6, 6.07) is 0. The van der Waals surface area contributed by atoms with Gasteiger partial charge >= 0.3 is 0 Å². The van der Waals surface area contributed by atoms with Gasteiger partial charge < -0.3 is 10.2 Å². The van der Waals surface area contributed by atoms with Crippen molar-refractivity contribution in [2.24, 2.45) is 29.6 Å². The summed E-state index contributed by atoms with van der Waals surface area (Å²) in [5, 5.41) is 19.0. The molecule has 0 radical (unpaired) electrons. The van der Waals surface area contributed by atoms with Crippen molar-refractivity contribution < 1.29 is 10.2 Å². The number of aliphatic hydroxyl groups is 2. The van der Waals surface area contributed by atoms with Crippen LogP contribution in [0.25, 0.3) is 0 Å². The van der Waals surface area contributed by atoms with Gasteiger partial charge in [-0.3, -0.25) is 0 Å². The van der Waals surface area contributed by atoms with Crippen molar-refractivity contribution in [3.05, 3.63) is 24.3 Å². The standard InChI is InChI=1S/C11H14O2/c12-5-9-6-1-2-7-8(11(7)9)3-4-10(6)13/h1-4,6-13H,5H2/t6-,7-,8-,9+,10-,11+/m1/s1. The van der Waals surface area contributed by atoms with Crippen LogP contribution in [0, 0.1) is 29.6 Å². The summed E-state index contributed by atoms with van der Waals surface area (Å²) in [5.74, 6) is 2.28. The summed E-state index contributed by atoms with van der Waals surface area (Å²) in [5.41, 5.74) is 0. The zero-order valence-electron chi connectivity index (χ0n) is 7.38.